The Balaban J connectivity index is 2.42. The lowest BCUT2D eigenvalue weighted by atomic mass is 9.82. The van der Waals surface area contributed by atoms with E-state index in [0.29, 0.717) is 11.3 Å². The van der Waals surface area contributed by atoms with Gasteiger partial charge < -0.3 is 10.0 Å². The van der Waals surface area contributed by atoms with Crippen molar-refractivity contribution in [2.24, 2.45) is 11.3 Å². The van der Waals surface area contributed by atoms with Crippen LogP contribution in [0.1, 0.15) is 53.4 Å². The lowest BCUT2D eigenvalue weighted by Crippen LogP contribution is -2.35. The summed E-state index contributed by atoms with van der Waals surface area (Å²) in [5, 5.41) is 10.1. The smallest absolute Gasteiger partial charge is 0.0692 e. The van der Waals surface area contributed by atoms with Crippen molar-refractivity contribution in [1.29, 1.82) is 0 Å². The van der Waals surface area contributed by atoms with Gasteiger partial charge in [-0.15, -0.1) is 0 Å². The second-order valence-electron chi connectivity index (χ2n) is 5.65. The largest absolute Gasteiger partial charge is 0.392 e. The van der Waals surface area contributed by atoms with E-state index in [9.17, 15) is 5.11 Å². The second-order valence-corrected chi connectivity index (χ2v) is 5.65. The number of nitrogens with zero attached hydrogens (tertiary/aromatic N) is 1. The highest BCUT2D eigenvalue weighted by Gasteiger charge is 2.35. The predicted octanol–water partition coefficient (Wildman–Crippen LogP) is 2.91. The van der Waals surface area contributed by atoms with Crippen molar-refractivity contribution in [1.82, 2.24) is 4.90 Å². The Morgan fingerprint density at radius 2 is 1.88 bits per heavy atom. The van der Waals surface area contributed by atoms with Gasteiger partial charge in [-0.2, -0.15) is 0 Å². The molecule has 1 rings (SSSR count). The van der Waals surface area contributed by atoms with E-state index in [1.165, 1.54) is 32.4 Å². The van der Waals surface area contributed by atoms with Crippen LogP contribution in [-0.4, -0.2) is 35.7 Å². The zero-order valence-electron chi connectivity index (χ0n) is 11.5. The molecule has 1 fully saturated rings. The fourth-order valence-corrected chi connectivity index (χ4v) is 2.73. The van der Waals surface area contributed by atoms with E-state index in [-0.39, 0.29) is 6.10 Å². The first-order valence-electron chi connectivity index (χ1n) is 6.97. The maximum absolute atomic E-state index is 10.1. The summed E-state index contributed by atoms with van der Waals surface area (Å²) in [5.74, 6) is 0.429. The van der Waals surface area contributed by atoms with Gasteiger partial charge in [0, 0.05) is 13.1 Å². The van der Waals surface area contributed by atoms with Gasteiger partial charge in [0.25, 0.3) is 0 Å². The minimum Gasteiger partial charge on any atom is -0.392 e. The summed E-state index contributed by atoms with van der Waals surface area (Å²) < 4.78 is 0. The number of likely N-dealkylation sites (tertiary alicyclic amines) is 1. The summed E-state index contributed by atoms with van der Waals surface area (Å²) in [6, 6.07) is 0. The van der Waals surface area contributed by atoms with Crippen molar-refractivity contribution >= 4 is 0 Å². The molecule has 1 heterocycles. The first-order valence-corrected chi connectivity index (χ1v) is 6.97. The molecular weight excluding hydrogens is 198 g/mol. The molecule has 0 saturated carbocycles. The molecule has 0 bridgehead atoms. The molecular formula is C14H29NO. The molecule has 1 aliphatic rings. The van der Waals surface area contributed by atoms with Crippen LogP contribution in [0.3, 0.4) is 0 Å². The maximum Gasteiger partial charge on any atom is 0.0692 e. The lowest BCUT2D eigenvalue weighted by molar-refractivity contribution is 0.0719. The highest BCUT2D eigenvalue weighted by atomic mass is 16.3. The number of aliphatic hydroxyl groups is 1. The molecule has 2 heteroatoms. The van der Waals surface area contributed by atoms with Gasteiger partial charge in [0.05, 0.1) is 6.10 Å². The number of hydrogen-bond donors (Lipinski definition) is 1. The Morgan fingerprint density at radius 3 is 2.31 bits per heavy atom. The summed E-state index contributed by atoms with van der Waals surface area (Å²) in [7, 11) is 0. The molecule has 1 saturated heterocycles. The predicted molar refractivity (Wildman–Crippen MR) is 69.5 cm³/mol. The van der Waals surface area contributed by atoms with Gasteiger partial charge in [0.2, 0.25) is 0 Å². The van der Waals surface area contributed by atoms with Crippen molar-refractivity contribution in [3.63, 3.8) is 0 Å². The zero-order chi connectivity index (χ0) is 12.2. The summed E-state index contributed by atoms with van der Waals surface area (Å²) in [6.45, 7) is 12.1. The van der Waals surface area contributed by atoms with E-state index in [4.69, 9.17) is 0 Å². The van der Waals surface area contributed by atoms with Crippen molar-refractivity contribution in [3.05, 3.63) is 0 Å². The van der Waals surface area contributed by atoms with Crippen LogP contribution < -0.4 is 0 Å². The number of aliphatic hydroxyl groups excluding tert-OH is 1. The van der Waals surface area contributed by atoms with Crippen LogP contribution in [0.5, 0.6) is 0 Å². The van der Waals surface area contributed by atoms with E-state index >= 15 is 0 Å². The SMILES string of the molecule is CCC(C)C(O)CN1CCC(CC)(CC)C1. The average Bonchev–Trinajstić information content (AvgIpc) is 2.72. The standard InChI is InChI=1S/C14H29NO/c1-5-12(4)13(16)10-15-9-8-14(6-2,7-3)11-15/h12-13,16H,5-11H2,1-4H3. The third kappa shape index (κ3) is 3.21. The second kappa shape index (κ2) is 6.02. The average molecular weight is 227 g/mol. The van der Waals surface area contributed by atoms with E-state index in [1.54, 1.807) is 0 Å². The topological polar surface area (TPSA) is 23.5 Å². The molecule has 0 aliphatic carbocycles. The Bertz CT molecular complexity index is 201. The fraction of sp³-hybridized carbons (Fsp3) is 1.00. The monoisotopic (exact) mass is 227 g/mol. The van der Waals surface area contributed by atoms with E-state index in [0.717, 1.165) is 13.0 Å². The molecule has 0 radical (unpaired) electrons. The quantitative estimate of drug-likeness (QED) is 0.754. The minimum atomic E-state index is -0.144. The van der Waals surface area contributed by atoms with Gasteiger partial charge >= 0.3 is 0 Å². The number of rotatable bonds is 6. The normalized spacial score (nSPS) is 24.6. The van der Waals surface area contributed by atoms with E-state index in [2.05, 4.69) is 32.6 Å². The van der Waals surface area contributed by atoms with Gasteiger partial charge in [0.1, 0.15) is 0 Å². The van der Waals surface area contributed by atoms with Crippen LogP contribution in [0.4, 0.5) is 0 Å². The molecule has 96 valence electrons. The van der Waals surface area contributed by atoms with Crippen LogP contribution in [0.25, 0.3) is 0 Å². The number of hydrogen-bond acceptors (Lipinski definition) is 2. The molecule has 2 atom stereocenters. The van der Waals surface area contributed by atoms with Gasteiger partial charge in [-0.3, -0.25) is 0 Å². The molecule has 0 aromatic rings. The molecule has 16 heavy (non-hydrogen) atoms. The fourth-order valence-electron chi connectivity index (χ4n) is 2.73. The van der Waals surface area contributed by atoms with E-state index in [1.807, 2.05) is 0 Å². The Hall–Kier alpha value is -0.0800. The molecule has 0 aromatic heterocycles. The Labute approximate surface area is 101 Å². The molecule has 2 unspecified atom stereocenters. The summed E-state index contributed by atoms with van der Waals surface area (Å²) in [4.78, 5) is 2.46. The first kappa shape index (κ1) is 14.0. The molecule has 0 aromatic carbocycles. The molecule has 1 N–H and O–H groups in total. The van der Waals surface area contributed by atoms with Crippen LogP contribution in [-0.2, 0) is 0 Å². The van der Waals surface area contributed by atoms with Crippen LogP contribution >= 0.6 is 0 Å². The maximum atomic E-state index is 10.1. The Morgan fingerprint density at radius 1 is 1.25 bits per heavy atom. The highest BCUT2D eigenvalue weighted by Crippen LogP contribution is 2.37. The van der Waals surface area contributed by atoms with Gasteiger partial charge in [-0.25, -0.2) is 0 Å². The van der Waals surface area contributed by atoms with Crippen molar-refractivity contribution in [3.8, 4) is 0 Å². The zero-order valence-corrected chi connectivity index (χ0v) is 11.5. The third-order valence-electron chi connectivity index (χ3n) is 4.76. The number of β-amino-alcohol motifs (C(OH)–C–C–N with tert-alkyl or cyclic N) is 1. The third-order valence-corrected chi connectivity index (χ3v) is 4.76. The van der Waals surface area contributed by atoms with Gasteiger partial charge in [-0.1, -0.05) is 34.1 Å². The van der Waals surface area contributed by atoms with Crippen LogP contribution in [0.2, 0.25) is 0 Å². The molecule has 0 amide bonds. The van der Waals surface area contributed by atoms with Crippen molar-refractivity contribution < 1.29 is 5.11 Å². The summed E-state index contributed by atoms with van der Waals surface area (Å²) in [5.41, 5.74) is 0.537. The minimum absolute atomic E-state index is 0.144. The first-order chi connectivity index (χ1) is 7.56. The van der Waals surface area contributed by atoms with Crippen LogP contribution in [0, 0.1) is 11.3 Å². The van der Waals surface area contributed by atoms with Gasteiger partial charge in [0.15, 0.2) is 0 Å². The molecule has 2 nitrogen and oxygen atoms in total. The van der Waals surface area contributed by atoms with Crippen molar-refractivity contribution in [2.45, 2.75) is 59.5 Å². The highest BCUT2D eigenvalue weighted by molar-refractivity contribution is 4.88. The summed E-state index contributed by atoms with van der Waals surface area (Å²) >= 11 is 0. The van der Waals surface area contributed by atoms with Crippen molar-refractivity contribution in [2.75, 3.05) is 19.6 Å². The summed E-state index contributed by atoms with van der Waals surface area (Å²) in [6.07, 6.45) is 4.79. The van der Waals surface area contributed by atoms with E-state index < -0.39 is 0 Å². The molecule has 1 aliphatic heterocycles. The van der Waals surface area contributed by atoms with Gasteiger partial charge in [-0.05, 0) is 37.1 Å². The van der Waals surface area contributed by atoms with Crippen LogP contribution in [0.15, 0.2) is 0 Å². The molecule has 0 spiro atoms. The Kier molecular flexibility index (Phi) is 5.26. The lowest BCUT2D eigenvalue weighted by Gasteiger charge is -2.28.